The average molecular weight is 607 g/mol. The van der Waals surface area contributed by atoms with E-state index in [2.05, 4.69) is 26.8 Å². The minimum Gasteiger partial charge on any atom is -0.444 e. The van der Waals surface area contributed by atoms with Crippen LogP contribution in [0.4, 0.5) is 10.5 Å². The summed E-state index contributed by atoms with van der Waals surface area (Å²) in [7, 11) is 0. The van der Waals surface area contributed by atoms with Crippen LogP contribution in [-0.4, -0.2) is 83.4 Å². The molecule has 5 N–H and O–H groups in total. The van der Waals surface area contributed by atoms with Crippen LogP contribution in [0.1, 0.15) is 60.3 Å². The lowest BCUT2D eigenvalue weighted by molar-refractivity contribution is -0.141. The predicted octanol–water partition coefficient (Wildman–Crippen LogP) is 2.41. The molecule has 1 saturated heterocycles. The monoisotopic (exact) mass is 606 g/mol. The normalized spacial score (nSPS) is 16.3. The van der Waals surface area contributed by atoms with E-state index in [4.69, 9.17) is 4.74 Å². The Morgan fingerprint density at radius 2 is 1.74 bits per heavy atom. The van der Waals surface area contributed by atoms with Gasteiger partial charge in [-0.15, -0.1) is 0 Å². The number of hydrogen-bond acceptors (Lipinski definition) is 8. The molecule has 1 aliphatic rings. The van der Waals surface area contributed by atoms with E-state index >= 15 is 0 Å². The smallest absolute Gasteiger partial charge is 0.408 e. The van der Waals surface area contributed by atoms with Gasteiger partial charge in [-0.25, -0.2) is 4.79 Å². The SMILES string of the molecule is CSCC[C@H](NC(=O)OC(C)(C)C)C(=O)NCC(=O)N[C@@H](CC(C)C)C(=O)N1CCC[C@H]1C(=O)NNc1ccccc1. The maximum Gasteiger partial charge on any atom is 0.408 e. The van der Waals surface area contributed by atoms with Crippen molar-refractivity contribution in [2.24, 2.45) is 5.92 Å². The Bertz CT molecular complexity index is 1060. The van der Waals surface area contributed by atoms with E-state index < -0.39 is 41.6 Å². The molecule has 0 aromatic heterocycles. The molecule has 1 aromatic carbocycles. The van der Waals surface area contributed by atoms with E-state index in [9.17, 15) is 24.0 Å². The van der Waals surface area contributed by atoms with Crippen molar-refractivity contribution in [2.45, 2.75) is 84.0 Å². The molecule has 42 heavy (non-hydrogen) atoms. The van der Waals surface area contributed by atoms with Crippen molar-refractivity contribution >= 4 is 47.2 Å². The molecule has 1 aromatic rings. The topological polar surface area (TPSA) is 158 Å². The molecule has 0 saturated carbocycles. The molecule has 0 bridgehead atoms. The first-order chi connectivity index (χ1) is 19.8. The fourth-order valence-electron chi connectivity index (χ4n) is 4.42. The number of alkyl carbamates (subject to hydrolysis) is 1. The van der Waals surface area contributed by atoms with Crippen molar-refractivity contribution in [3.05, 3.63) is 30.3 Å². The highest BCUT2D eigenvalue weighted by Crippen LogP contribution is 2.20. The summed E-state index contributed by atoms with van der Waals surface area (Å²) < 4.78 is 5.26. The van der Waals surface area contributed by atoms with Crippen LogP contribution in [-0.2, 0) is 23.9 Å². The summed E-state index contributed by atoms with van der Waals surface area (Å²) >= 11 is 1.52. The summed E-state index contributed by atoms with van der Waals surface area (Å²) in [6.45, 7) is 9.06. The lowest BCUT2D eigenvalue weighted by Crippen LogP contribution is -2.56. The summed E-state index contributed by atoms with van der Waals surface area (Å²) in [6, 6.07) is 6.73. The van der Waals surface area contributed by atoms with Gasteiger partial charge in [0, 0.05) is 6.54 Å². The van der Waals surface area contributed by atoms with Crippen molar-refractivity contribution in [3.63, 3.8) is 0 Å². The largest absolute Gasteiger partial charge is 0.444 e. The van der Waals surface area contributed by atoms with Crippen LogP contribution in [0.5, 0.6) is 0 Å². The van der Waals surface area contributed by atoms with Gasteiger partial charge in [0.05, 0.1) is 12.2 Å². The number of nitrogens with zero attached hydrogens (tertiary/aromatic N) is 1. The maximum absolute atomic E-state index is 13.6. The zero-order valence-electron chi connectivity index (χ0n) is 25.5. The van der Waals surface area contributed by atoms with Gasteiger partial charge in [-0.3, -0.25) is 30.0 Å². The lowest BCUT2D eigenvalue weighted by atomic mass is 10.0. The third kappa shape index (κ3) is 12.2. The molecule has 0 unspecified atom stereocenters. The number of thioether (sulfide) groups is 1. The van der Waals surface area contributed by atoms with Crippen LogP contribution in [0.25, 0.3) is 0 Å². The molecule has 1 heterocycles. The molecule has 1 fully saturated rings. The average Bonchev–Trinajstić information content (AvgIpc) is 3.41. The molecule has 234 valence electrons. The number of hydrazine groups is 1. The highest BCUT2D eigenvalue weighted by atomic mass is 32.2. The zero-order chi connectivity index (χ0) is 31.3. The van der Waals surface area contributed by atoms with Crippen molar-refractivity contribution in [3.8, 4) is 0 Å². The number of ether oxygens (including phenoxy) is 1. The number of amides is 5. The molecule has 13 heteroatoms. The second kappa shape index (κ2) is 16.8. The van der Waals surface area contributed by atoms with Crippen LogP contribution in [0.2, 0.25) is 0 Å². The molecule has 0 radical (unpaired) electrons. The van der Waals surface area contributed by atoms with Crippen molar-refractivity contribution in [1.82, 2.24) is 26.3 Å². The van der Waals surface area contributed by atoms with Gasteiger partial charge in [0.15, 0.2) is 0 Å². The number of carbonyl (C=O) groups excluding carboxylic acids is 5. The zero-order valence-corrected chi connectivity index (χ0v) is 26.3. The van der Waals surface area contributed by atoms with Gasteiger partial charge < -0.3 is 25.6 Å². The van der Waals surface area contributed by atoms with Crippen molar-refractivity contribution in [2.75, 3.05) is 30.5 Å². The van der Waals surface area contributed by atoms with Gasteiger partial charge in [-0.1, -0.05) is 32.0 Å². The van der Waals surface area contributed by atoms with E-state index in [-0.39, 0.29) is 24.3 Å². The summed E-state index contributed by atoms with van der Waals surface area (Å²) in [4.78, 5) is 66.0. The number of nitrogens with one attached hydrogen (secondary N) is 5. The molecule has 0 aliphatic carbocycles. The summed E-state index contributed by atoms with van der Waals surface area (Å²) in [5.41, 5.74) is 5.52. The fraction of sp³-hybridized carbons (Fsp3) is 0.621. The summed E-state index contributed by atoms with van der Waals surface area (Å²) in [5, 5.41) is 7.87. The number of likely N-dealkylation sites (tertiary alicyclic amines) is 1. The number of hydrogen-bond donors (Lipinski definition) is 5. The number of rotatable bonds is 14. The van der Waals surface area contributed by atoms with Crippen LogP contribution < -0.4 is 26.8 Å². The first kappa shape index (κ1) is 34.7. The van der Waals surface area contributed by atoms with Crippen LogP contribution in [0.15, 0.2) is 30.3 Å². The van der Waals surface area contributed by atoms with Crippen LogP contribution in [0.3, 0.4) is 0 Å². The maximum atomic E-state index is 13.6. The molecule has 12 nitrogen and oxygen atoms in total. The summed E-state index contributed by atoms with van der Waals surface area (Å²) in [5.74, 6) is -1.06. The van der Waals surface area contributed by atoms with E-state index in [0.29, 0.717) is 43.7 Å². The Labute approximate surface area is 252 Å². The first-order valence-electron chi connectivity index (χ1n) is 14.3. The Kier molecular flexibility index (Phi) is 13.9. The Morgan fingerprint density at radius 1 is 1.05 bits per heavy atom. The molecular weight excluding hydrogens is 560 g/mol. The van der Waals surface area contributed by atoms with Gasteiger partial charge >= 0.3 is 6.09 Å². The Morgan fingerprint density at radius 3 is 2.36 bits per heavy atom. The van der Waals surface area contributed by atoms with E-state index in [1.54, 1.807) is 20.8 Å². The van der Waals surface area contributed by atoms with Gasteiger partial charge in [0.25, 0.3) is 5.91 Å². The van der Waals surface area contributed by atoms with Crippen molar-refractivity contribution < 1.29 is 28.7 Å². The molecule has 0 spiro atoms. The number of benzene rings is 1. The standard InChI is InChI=1S/C29H46N6O6S/c1-19(2)17-22(27(39)35-15-10-13-23(35)26(38)34-33-20-11-8-7-9-12-20)31-24(36)18-30-25(37)21(14-16-42-6)32-28(40)41-29(3,4)5/h7-9,11-12,19,21-23,33H,10,13-18H2,1-6H3,(H,30,37)(H,31,36)(H,32,40)(H,34,38)/t21-,22-,23-/m0/s1. The third-order valence-electron chi connectivity index (χ3n) is 6.32. The van der Waals surface area contributed by atoms with E-state index in [0.717, 1.165) is 0 Å². The Balaban J connectivity index is 1.99. The number of para-hydroxylation sites is 1. The second-order valence-corrected chi connectivity index (χ2v) is 12.6. The minimum atomic E-state index is -0.887. The Hall–Kier alpha value is -3.48. The van der Waals surface area contributed by atoms with Gasteiger partial charge in [-0.05, 0) is 76.5 Å². The predicted molar refractivity (Wildman–Crippen MR) is 163 cm³/mol. The highest BCUT2D eigenvalue weighted by molar-refractivity contribution is 7.98. The quantitative estimate of drug-likeness (QED) is 0.202. The first-order valence-corrected chi connectivity index (χ1v) is 15.7. The molecule has 5 amide bonds. The van der Waals surface area contributed by atoms with E-state index in [1.165, 1.54) is 16.7 Å². The van der Waals surface area contributed by atoms with Crippen LogP contribution in [0, 0.1) is 5.92 Å². The molecule has 3 atom stereocenters. The van der Waals surface area contributed by atoms with Gasteiger partial charge in [-0.2, -0.15) is 11.8 Å². The van der Waals surface area contributed by atoms with Crippen LogP contribution >= 0.6 is 11.8 Å². The van der Waals surface area contributed by atoms with E-state index in [1.807, 2.05) is 50.4 Å². The fourth-order valence-corrected chi connectivity index (χ4v) is 4.90. The third-order valence-corrected chi connectivity index (χ3v) is 6.97. The second-order valence-electron chi connectivity index (χ2n) is 11.6. The number of anilines is 1. The molecular formula is C29H46N6O6S. The molecule has 1 aliphatic heterocycles. The lowest BCUT2D eigenvalue weighted by Gasteiger charge is -2.29. The number of carbonyl (C=O) groups is 5. The van der Waals surface area contributed by atoms with Gasteiger partial charge in [0.2, 0.25) is 17.7 Å². The minimum absolute atomic E-state index is 0.0809. The van der Waals surface area contributed by atoms with Crippen molar-refractivity contribution in [1.29, 1.82) is 0 Å². The summed E-state index contributed by atoms with van der Waals surface area (Å²) in [6.07, 6.45) is 3.04. The van der Waals surface area contributed by atoms with Gasteiger partial charge in [0.1, 0.15) is 23.7 Å². The molecule has 2 rings (SSSR count). The highest BCUT2D eigenvalue weighted by Gasteiger charge is 2.38.